The Morgan fingerprint density at radius 3 is 2.47 bits per heavy atom. The van der Waals surface area contributed by atoms with Gasteiger partial charge < -0.3 is 9.47 Å². The summed E-state index contributed by atoms with van der Waals surface area (Å²) < 4.78 is 11.8. The molecule has 1 aliphatic heterocycles. The summed E-state index contributed by atoms with van der Waals surface area (Å²) in [6, 6.07) is 20.4. The van der Waals surface area contributed by atoms with Crippen molar-refractivity contribution in [3.63, 3.8) is 0 Å². The first-order valence-electron chi connectivity index (χ1n) is 11.7. The monoisotopic (exact) mass is 540 g/mol. The lowest BCUT2D eigenvalue weighted by molar-refractivity contribution is -0.122. The summed E-state index contributed by atoms with van der Waals surface area (Å²) in [6.45, 7) is 5.41. The molecule has 0 aliphatic carbocycles. The third-order valence-electron chi connectivity index (χ3n) is 5.24. The highest BCUT2D eigenvalue weighted by atomic mass is 35.5. The van der Waals surface area contributed by atoms with Crippen LogP contribution in [0, 0.1) is 0 Å². The van der Waals surface area contributed by atoms with Gasteiger partial charge in [0.25, 0.3) is 5.91 Å². The van der Waals surface area contributed by atoms with E-state index in [1.165, 1.54) is 11.8 Å². The SMILES string of the molecule is CCCN1C(=O)/C(=C/c2ccc(OCc3cccc(Cl)c3)c(OCC)c2)SC1=Nc1ccc(Cl)cc1. The van der Waals surface area contributed by atoms with Gasteiger partial charge >= 0.3 is 0 Å². The smallest absolute Gasteiger partial charge is 0.266 e. The molecule has 0 aromatic heterocycles. The Bertz CT molecular complexity index is 1290. The van der Waals surface area contributed by atoms with Gasteiger partial charge in [0.1, 0.15) is 6.61 Å². The van der Waals surface area contributed by atoms with E-state index in [-0.39, 0.29) is 5.91 Å². The van der Waals surface area contributed by atoms with E-state index in [0.717, 1.165) is 23.2 Å². The zero-order valence-corrected chi connectivity index (χ0v) is 22.4. The third kappa shape index (κ3) is 6.64. The maximum absolute atomic E-state index is 13.2. The van der Waals surface area contributed by atoms with Gasteiger partial charge in [0.2, 0.25) is 0 Å². The summed E-state index contributed by atoms with van der Waals surface area (Å²) >= 11 is 13.4. The molecular formula is C28H26Cl2N2O3S. The molecule has 1 amide bonds. The number of carbonyl (C=O) groups is 1. The fourth-order valence-corrected chi connectivity index (χ4v) is 4.94. The van der Waals surface area contributed by atoms with Crippen molar-refractivity contribution in [3.05, 3.63) is 92.8 Å². The Hall–Kier alpha value is -2.93. The number of carbonyl (C=O) groups excluding carboxylic acids is 1. The molecule has 0 unspecified atom stereocenters. The number of benzene rings is 3. The van der Waals surface area contributed by atoms with Crippen LogP contribution in [0.4, 0.5) is 5.69 Å². The predicted octanol–water partition coefficient (Wildman–Crippen LogP) is 7.99. The predicted molar refractivity (Wildman–Crippen MR) is 150 cm³/mol. The third-order valence-corrected chi connectivity index (χ3v) is 6.73. The Morgan fingerprint density at radius 2 is 1.75 bits per heavy atom. The number of hydrogen-bond acceptors (Lipinski definition) is 5. The molecule has 1 saturated heterocycles. The minimum atomic E-state index is -0.0613. The maximum atomic E-state index is 13.2. The average molecular weight is 542 g/mol. The fourth-order valence-electron chi connectivity index (χ4n) is 3.58. The summed E-state index contributed by atoms with van der Waals surface area (Å²) in [5.74, 6) is 1.18. The molecule has 5 nitrogen and oxygen atoms in total. The summed E-state index contributed by atoms with van der Waals surface area (Å²) in [4.78, 5) is 20.2. The molecule has 0 radical (unpaired) electrons. The van der Waals surface area contributed by atoms with Crippen molar-refractivity contribution in [2.75, 3.05) is 13.2 Å². The standard InChI is InChI=1S/C28H26Cl2N2O3S/c1-3-14-32-27(33)26(36-28(32)31-23-11-9-21(29)10-12-23)17-19-8-13-24(25(16-19)34-4-2)35-18-20-6-5-7-22(30)15-20/h5-13,15-17H,3-4,14,18H2,1-2H3/b26-17-,31-28?. The van der Waals surface area contributed by atoms with Gasteiger partial charge in [-0.1, -0.05) is 48.3 Å². The second-order valence-corrected chi connectivity index (χ2v) is 9.88. The lowest BCUT2D eigenvalue weighted by Crippen LogP contribution is -2.29. The fraction of sp³-hybridized carbons (Fsp3) is 0.214. The summed E-state index contributed by atoms with van der Waals surface area (Å²) in [5, 5.41) is 1.96. The van der Waals surface area contributed by atoms with Crippen LogP contribution in [-0.4, -0.2) is 29.1 Å². The van der Waals surface area contributed by atoms with Gasteiger partial charge in [-0.25, -0.2) is 4.99 Å². The van der Waals surface area contributed by atoms with Crippen LogP contribution in [0.3, 0.4) is 0 Å². The number of rotatable bonds is 9. The van der Waals surface area contributed by atoms with E-state index < -0.39 is 0 Å². The number of ether oxygens (including phenoxy) is 2. The van der Waals surface area contributed by atoms with Crippen LogP contribution in [0.15, 0.2) is 76.6 Å². The molecule has 0 saturated carbocycles. The minimum Gasteiger partial charge on any atom is -0.490 e. The van der Waals surface area contributed by atoms with Crippen LogP contribution in [0.1, 0.15) is 31.4 Å². The molecule has 1 aliphatic rings. The van der Waals surface area contributed by atoms with Gasteiger partial charge in [-0.05, 0) is 90.8 Å². The minimum absolute atomic E-state index is 0.0613. The highest BCUT2D eigenvalue weighted by Gasteiger charge is 2.32. The molecule has 0 bridgehead atoms. The number of nitrogens with zero attached hydrogens (tertiary/aromatic N) is 2. The van der Waals surface area contributed by atoms with E-state index in [0.29, 0.717) is 51.4 Å². The van der Waals surface area contributed by atoms with Gasteiger partial charge in [-0.15, -0.1) is 0 Å². The second kappa shape index (κ2) is 12.3. The number of aliphatic imine (C=N–C) groups is 1. The molecule has 4 rings (SSSR count). The zero-order valence-electron chi connectivity index (χ0n) is 20.0. The van der Waals surface area contributed by atoms with E-state index >= 15 is 0 Å². The molecule has 186 valence electrons. The number of amides is 1. The van der Waals surface area contributed by atoms with Crippen molar-refractivity contribution < 1.29 is 14.3 Å². The Morgan fingerprint density at radius 1 is 0.944 bits per heavy atom. The Labute approximate surface area is 225 Å². The van der Waals surface area contributed by atoms with E-state index in [2.05, 4.69) is 0 Å². The molecule has 0 atom stereocenters. The molecule has 1 heterocycles. The van der Waals surface area contributed by atoms with E-state index in [1.807, 2.05) is 74.5 Å². The first-order valence-corrected chi connectivity index (χ1v) is 13.2. The first-order chi connectivity index (χ1) is 17.5. The van der Waals surface area contributed by atoms with Crippen LogP contribution in [0.2, 0.25) is 10.0 Å². The van der Waals surface area contributed by atoms with Crippen LogP contribution in [0.5, 0.6) is 11.5 Å². The maximum Gasteiger partial charge on any atom is 0.266 e. The van der Waals surface area contributed by atoms with Crippen molar-refractivity contribution in [2.45, 2.75) is 26.9 Å². The summed E-state index contributed by atoms with van der Waals surface area (Å²) in [5.41, 5.74) is 2.55. The second-order valence-electron chi connectivity index (χ2n) is 8.00. The highest BCUT2D eigenvalue weighted by Crippen LogP contribution is 2.36. The van der Waals surface area contributed by atoms with Gasteiger partial charge in [-0.2, -0.15) is 0 Å². The lowest BCUT2D eigenvalue weighted by atomic mass is 10.1. The topological polar surface area (TPSA) is 51.1 Å². The molecule has 3 aromatic rings. The molecule has 0 spiro atoms. The number of amidine groups is 1. The van der Waals surface area contributed by atoms with E-state index in [4.69, 9.17) is 37.7 Å². The summed E-state index contributed by atoms with van der Waals surface area (Å²) in [7, 11) is 0. The van der Waals surface area contributed by atoms with Crippen LogP contribution < -0.4 is 9.47 Å². The normalized spacial score (nSPS) is 15.7. The van der Waals surface area contributed by atoms with Gasteiger partial charge in [0.15, 0.2) is 16.7 Å². The molecule has 1 fully saturated rings. The van der Waals surface area contributed by atoms with Gasteiger partial charge in [-0.3, -0.25) is 9.69 Å². The molecule has 0 N–H and O–H groups in total. The van der Waals surface area contributed by atoms with E-state index in [1.54, 1.807) is 17.0 Å². The Balaban J connectivity index is 1.57. The zero-order chi connectivity index (χ0) is 25.5. The number of thioether (sulfide) groups is 1. The number of halogens is 2. The number of hydrogen-bond donors (Lipinski definition) is 0. The largest absolute Gasteiger partial charge is 0.490 e. The molecule has 8 heteroatoms. The quantitative estimate of drug-likeness (QED) is 0.258. The van der Waals surface area contributed by atoms with E-state index in [9.17, 15) is 4.79 Å². The van der Waals surface area contributed by atoms with Crippen molar-refractivity contribution in [1.82, 2.24) is 4.90 Å². The van der Waals surface area contributed by atoms with Crippen molar-refractivity contribution in [2.24, 2.45) is 4.99 Å². The first kappa shape index (κ1) is 26.1. The van der Waals surface area contributed by atoms with Crippen molar-refractivity contribution in [1.29, 1.82) is 0 Å². The molecule has 3 aromatic carbocycles. The average Bonchev–Trinajstić information content (AvgIpc) is 3.14. The summed E-state index contributed by atoms with van der Waals surface area (Å²) in [6.07, 6.45) is 2.69. The van der Waals surface area contributed by atoms with Crippen LogP contribution >= 0.6 is 35.0 Å². The van der Waals surface area contributed by atoms with Crippen molar-refractivity contribution >= 4 is 57.8 Å². The molecular weight excluding hydrogens is 515 g/mol. The highest BCUT2D eigenvalue weighted by molar-refractivity contribution is 8.18. The Kier molecular flexibility index (Phi) is 8.97. The van der Waals surface area contributed by atoms with Crippen molar-refractivity contribution in [3.8, 4) is 11.5 Å². The van der Waals surface area contributed by atoms with Crippen LogP contribution in [-0.2, 0) is 11.4 Å². The van der Waals surface area contributed by atoms with Gasteiger partial charge in [0.05, 0.1) is 17.2 Å². The lowest BCUT2D eigenvalue weighted by Gasteiger charge is -2.14. The van der Waals surface area contributed by atoms with Gasteiger partial charge in [0, 0.05) is 16.6 Å². The van der Waals surface area contributed by atoms with Crippen LogP contribution in [0.25, 0.3) is 6.08 Å². The molecule has 36 heavy (non-hydrogen) atoms.